The summed E-state index contributed by atoms with van der Waals surface area (Å²) in [7, 11) is 0. The van der Waals surface area contributed by atoms with Gasteiger partial charge in [0.05, 0.1) is 12.7 Å². The second kappa shape index (κ2) is 7.71. The molecular formula is C12H20BrNO3. The average Bonchev–Trinajstić information content (AvgIpc) is 2.74. The second-order valence-corrected chi connectivity index (χ2v) is 4.49. The molecule has 17 heavy (non-hydrogen) atoms. The molecule has 1 N–H and O–H groups in total. The molecule has 0 radical (unpaired) electrons. The summed E-state index contributed by atoms with van der Waals surface area (Å²) in [6.45, 7) is 3.84. The van der Waals surface area contributed by atoms with Gasteiger partial charge in [-0.15, -0.1) is 0 Å². The minimum atomic E-state index is -0.156. The smallest absolute Gasteiger partial charge is 0.244 e. The van der Waals surface area contributed by atoms with E-state index in [2.05, 4.69) is 21.1 Å². The van der Waals surface area contributed by atoms with Crippen molar-refractivity contribution in [1.29, 1.82) is 0 Å². The minimum absolute atomic E-state index is 0.156. The molecule has 0 saturated heterocycles. The highest BCUT2D eigenvalue weighted by molar-refractivity contribution is 9.10. The van der Waals surface area contributed by atoms with Gasteiger partial charge in [-0.25, -0.2) is 0 Å². The minimum Gasteiger partial charge on any atom is -0.484 e. The first-order chi connectivity index (χ1) is 8.31. The number of nitrogens with zero attached hydrogens (tertiary/aromatic N) is 1. The van der Waals surface area contributed by atoms with Gasteiger partial charge in [-0.05, 0) is 41.6 Å². The summed E-state index contributed by atoms with van der Waals surface area (Å²) in [6, 6.07) is 0. The van der Waals surface area contributed by atoms with Crippen LogP contribution in [0.3, 0.4) is 0 Å². The van der Waals surface area contributed by atoms with Gasteiger partial charge in [0.25, 0.3) is 0 Å². The third kappa shape index (κ3) is 4.00. The Kier molecular flexibility index (Phi) is 6.58. The zero-order valence-electron chi connectivity index (χ0n) is 10.4. The van der Waals surface area contributed by atoms with Crippen LogP contribution < -0.4 is 4.74 Å². The summed E-state index contributed by atoms with van der Waals surface area (Å²) >= 11 is 3.22. The Morgan fingerprint density at radius 2 is 2.00 bits per heavy atom. The summed E-state index contributed by atoms with van der Waals surface area (Å²) in [5.74, 6) is 0.560. The van der Waals surface area contributed by atoms with E-state index < -0.39 is 0 Å². The summed E-state index contributed by atoms with van der Waals surface area (Å²) in [4.78, 5) is 0. The molecule has 98 valence electrons. The van der Waals surface area contributed by atoms with E-state index in [1.165, 1.54) is 19.3 Å². The number of halogens is 1. The predicted molar refractivity (Wildman–Crippen MR) is 69.0 cm³/mol. The number of hydrogen-bond donors (Lipinski definition) is 1. The molecule has 1 fully saturated rings. The average molecular weight is 306 g/mol. The summed E-state index contributed by atoms with van der Waals surface area (Å²) in [5.41, 5.74) is 0.465. The van der Waals surface area contributed by atoms with Crippen LogP contribution in [0, 0.1) is 0 Å². The molecule has 5 heteroatoms. The van der Waals surface area contributed by atoms with Crippen LogP contribution in [0.5, 0.6) is 5.75 Å². The van der Waals surface area contributed by atoms with E-state index in [1.807, 2.05) is 13.8 Å². The van der Waals surface area contributed by atoms with E-state index in [0.717, 1.165) is 12.8 Å². The molecule has 0 atom stereocenters. The summed E-state index contributed by atoms with van der Waals surface area (Å²) in [6.07, 6.45) is 6.09. The van der Waals surface area contributed by atoms with Crippen LogP contribution in [-0.2, 0) is 6.61 Å². The van der Waals surface area contributed by atoms with Crippen molar-refractivity contribution in [2.24, 2.45) is 0 Å². The lowest BCUT2D eigenvalue weighted by molar-refractivity contribution is 0.148. The van der Waals surface area contributed by atoms with Crippen molar-refractivity contribution in [2.45, 2.75) is 58.7 Å². The number of rotatable bonds is 3. The first-order valence-corrected chi connectivity index (χ1v) is 7.02. The maximum absolute atomic E-state index is 9.04. The molecule has 4 nitrogen and oxygen atoms in total. The molecule has 0 unspecified atom stereocenters. The van der Waals surface area contributed by atoms with Crippen molar-refractivity contribution < 1.29 is 14.4 Å². The maximum atomic E-state index is 9.04. The largest absolute Gasteiger partial charge is 0.484 e. The van der Waals surface area contributed by atoms with Gasteiger partial charge in [-0.1, -0.05) is 25.4 Å². The van der Waals surface area contributed by atoms with E-state index in [9.17, 15) is 0 Å². The highest BCUT2D eigenvalue weighted by atomic mass is 79.9. The van der Waals surface area contributed by atoms with Gasteiger partial charge in [0, 0.05) is 0 Å². The van der Waals surface area contributed by atoms with E-state index >= 15 is 0 Å². The molecule has 2 rings (SSSR count). The molecule has 1 aliphatic rings. The van der Waals surface area contributed by atoms with Crippen LogP contribution in [0.25, 0.3) is 0 Å². The zero-order valence-corrected chi connectivity index (χ0v) is 12.0. The monoisotopic (exact) mass is 305 g/mol. The van der Waals surface area contributed by atoms with Crippen molar-refractivity contribution in [1.82, 2.24) is 5.16 Å². The van der Waals surface area contributed by atoms with Crippen LogP contribution in [0.1, 0.15) is 51.6 Å². The molecule has 0 aromatic carbocycles. The summed E-state index contributed by atoms with van der Waals surface area (Å²) in [5, 5.41) is 12.7. The van der Waals surface area contributed by atoms with Crippen molar-refractivity contribution in [3.8, 4) is 5.75 Å². The van der Waals surface area contributed by atoms with Gasteiger partial charge in [0.2, 0.25) is 4.67 Å². The second-order valence-electron chi connectivity index (χ2n) is 3.77. The number of aromatic nitrogens is 1. The van der Waals surface area contributed by atoms with Gasteiger partial charge < -0.3 is 14.4 Å². The molecule has 1 aromatic heterocycles. The van der Waals surface area contributed by atoms with Gasteiger partial charge in [-0.3, -0.25) is 0 Å². The highest BCUT2D eigenvalue weighted by Crippen LogP contribution is 2.32. The maximum Gasteiger partial charge on any atom is 0.244 e. The van der Waals surface area contributed by atoms with Crippen LogP contribution in [0.2, 0.25) is 0 Å². The van der Waals surface area contributed by atoms with Crippen LogP contribution in [0.4, 0.5) is 0 Å². The third-order valence-corrected chi connectivity index (χ3v) is 3.17. The quantitative estimate of drug-likeness (QED) is 0.926. The molecule has 0 bridgehead atoms. The molecule has 1 aliphatic carbocycles. The molecule has 0 spiro atoms. The van der Waals surface area contributed by atoms with Crippen LogP contribution in [0.15, 0.2) is 9.19 Å². The van der Waals surface area contributed by atoms with Crippen molar-refractivity contribution >= 4 is 15.9 Å². The molecule has 1 aromatic rings. The fourth-order valence-corrected chi connectivity index (χ4v) is 2.25. The van der Waals surface area contributed by atoms with Crippen LogP contribution in [-0.4, -0.2) is 16.4 Å². The predicted octanol–water partition coefficient (Wildman–Crippen LogP) is 3.67. The van der Waals surface area contributed by atoms with E-state index in [1.54, 1.807) is 0 Å². The van der Waals surface area contributed by atoms with E-state index in [4.69, 9.17) is 14.4 Å². The fraction of sp³-hybridized carbons (Fsp3) is 0.750. The van der Waals surface area contributed by atoms with Gasteiger partial charge in [-0.2, -0.15) is 0 Å². The number of aliphatic hydroxyl groups excluding tert-OH is 1. The number of hydrogen-bond acceptors (Lipinski definition) is 4. The van der Waals surface area contributed by atoms with Crippen molar-refractivity contribution in [2.75, 3.05) is 0 Å². The Morgan fingerprint density at radius 1 is 1.35 bits per heavy atom. The first kappa shape index (κ1) is 14.5. The number of aliphatic hydroxyl groups is 1. The SMILES string of the molecule is CC.OCc1noc(Br)c1OC1CCCCC1. The Bertz CT molecular complexity index is 322. The zero-order chi connectivity index (χ0) is 12.7. The molecule has 0 aliphatic heterocycles. The van der Waals surface area contributed by atoms with Crippen molar-refractivity contribution in [3.63, 3.8) is 0 Å². The molecule has 0 amide bonds. The Morgan fingerprint density at radius 3 is 2.59 bits per heavy atom. The summed E-state index contributed by atoms with van der Waals surface area (Å²) < 4.78 is 11.2. The van der Waals surface area contributed by atoms with Crippen molar-refractivity contribution in [3.05, 3.63) is 10.4 Å². The normalized spacial score (nSPS) is 16.2. The topological polar surface area (TPSA) is 55.5 Å². The lowest BCUT2D eigenvalue weighted by atomic mass is 9.98. The Hall–Kier alpha value is -0.550. The molecule has 1 heterocycles. The van der Waals surface area contributed by atoms with Crippen LogP contribution >= 0.6 is 15.9 Å². The Balaban J connectivity index is 0.000000686. The van der Waals surface area contributed by atoms with Gasteiger partial charge in [0.15, 0.2) is 11.4 Å². The molecular weight excluding hydrogens is 286 g/mol. The van der Waals surface area contributed by atoms with Gasteiger partial charge >= 0.3 is 0 Å². The highest BCUT2D eigenvalue weighted by Gasteiger charge is 2.21. The van der Waals surface area contributed by atoms with Gasteiger partial charge in [0.1, 0.15) is 0 Å². The third-order valence-electron chi connectivity index (χ3n) is 2.66. The Labute approximate surface area is 110 Å². The number of ether oxygens (including phenoxy) is 1. The van der Waals surface area contributed by atoms with E-state index in [0.29, 0.717) is 16.1 Å². The fourth-order valence-electron chi connectivity index (χ4n) is 1.86. The lowest BCUT2D eigenvalue weighted by Gasteiger charge is -2.22. The first-order valence-electron chi connectivity index (χ1n) is 6.23. The molecule has 1 saturated carbocycles. The lowest BCUT2D eigenvalue weighted by Crippen LogP contribution is -2.20. The standard InChI is InChI=1S/C10H14BrNO3.C2H6/c11-10-9(8(6-13)12-15-10)14-7-4-2-1-3-5-7;1-2/h7,13H,1-6H2;1-2H3. The van der Waals surface area contributed by atoms with E-state index in [-0.39, 0.29) is 12.7 Å².